The Labute approximate surface area is 78.8 Å². The molecule has 1 heterocycles. The maximum absolute atomic E-state index is 12.7. The molecule has 0 aliphatic heterocycles. The molecule has 0 fully saturated rings. The molecule has 5 N–H and O–H groups in total. The highest BCUT2D eigenvalue weighted by molar-refractivity contribution is 6.02. The van der Waals surface area contributed by atoms with Crippen LogP contribution in [0.5, 0.6) is 0 Å². The van der Waals surface area contributed by atoms with E-state index in [0.717, 1.165) is 6.07 Å². The van der Waals surface area contributed by atoms with Crippen molar-refractivity contribution in [2.75, 3.05) is 0 Å². The summed E-state index contributed by atoms with van der Waals surface area (Å²) < 4.78 is 12.7. The van der Waals surface area contributed by atoms with Gasteiger partial charge in [-0.1, -0.05) is 0 Å². The normalized spacial score (nSPS) is 11.1. The lowest BCUT2D eigenvalue weighted by Crippen LogP contribution is -2.33. The molecule has 7 heteroatoms. The maximum Gasteiger partial charge on any atom is 0.213 e. The second-order valence-corrected chi connectivity index (χ2v) is 2.31. The van der Waals surface area contributed by atoms with Gasteiger partial charge in [0.2, 0.25) is 5.95 Å². The van der Waals surface area contributed by atoms with E-state index < -0.39 is 5.95 Å². The molecule has 1 aromatic heterocycles. The van der Waals surface area contributed by atoms with E-state index in [4.69, 9.17) is 11.7 Å². The van der Waals surface area contributed by atoms with Gasteiger partial charge < -0.3 is 11.3 Å². The molecule has 0 aromatic carbocycles. The molecule has 0 saturated heterocycles. The smallest absolute Gasteiger partial charge is 0.213 e. The highest BCUT2D eigenvalue weighted by Gasteiger charge is 2.10. The number of carbonyl (C=O) groups excluding carboxylic acids is 1. The highest BCUT2D eigenvalue weighted by atomic mass is 19.1. The lowest BCUT2D eigenvalue weighted by Gasteiger charge is -2.04. The summed E-state index contributed by atoms with van der Waals surface area (Å²) in [5, 5.41) is 3.22. The highest BCUT2D eigenvalue weighted by Crippen LogP contribution is 2.04. The molecule has 74 valence electrons. The first kappa shape index (κ1) is 10.1. The van der Waals surface area contributed by atoms with E-state index in [0.29, 0.717) is 6.29 Å². The number of pyridine rings is 1. The van der Waals surface area contributed by atoms with Gasteiger partial charge in [0.1, 0.15) is 5.69 Å². The number of hydrogen-bond acceptors (Lipinski definition) is 5. The van der Waals surface area contributed by atoms with Crippen LogP contribution in [0.15, 0.2) is 17.2 Å². The lowest BCUT2D eigenvalue weighted by molar-refractivity contribution is 0.112. The van der Waals surface area contributed by atoms with Crippen LogP contribution in [0.1, 0.15) is 16.1 Å². The Bertz CT molecular complexity index is 378. The molecule has 0 aliphatic rings. The first-order chi connectivity index (χ1) is 6.72. The summed E-state index contributed by atoms with van der Waals surface area (Å²) in [6.45, 7) is 0. The number of nitrogens with two attached hydrogens (primary N) is 2. The molecule has 14 heavy (non-hydrogen) atoms. The number of amidine groups is 1. The van der Waals surface area contributed by atoms with Gasteiger partial charge in [-0.2, -0.15) is 9.49 Å². The van der Waals surface area contributed by atoms with E-state index in [1.165, 1.54) is 6.07 Å². The number of hydrazone groups is 1. The van der Waals surface area contributed by atoms with E-state index in [2.05, 4.69) is 15.5 Å². The van der Waals surface area contributed by atoms with Crippen LogP contribution in [0.25, 0.3) is 0 Å². The van der Waals surface area contributed by atoms with Crippen LogP contribution in [0.3, 0.4) is 0 Å². The lowest BCUT2D eigenvalue weighted by atomic mass is 10.2. The van der Waals surface area contributed by atoms with Crippen LogP contribution < -0.4 is 17.1 Å². The topological polar surface area (TPSA) is 106 Å². The Morgan fingerprint density at radius 3 is 2.86 bits per heavy atom. The predicted molar refractivity (Wildman–Crippen MR) is 47.6 cm³/mol. The third-order valence-electron chi connectivity index (χ3n) is 1.51. The molecule has 0 spiro atoms. The van der Waals surface area contributed by atoms with Crippen molar-refractivity contribution in [1.82, 2.24) is 10.4 Å². The third-order valence-corrected chi connectivity index (χ3v) is 1.51. The van der Waals surface area contributed by atoms with Gasteiger partial charge in [0.25, 0.3) is 0 Å². The van der Waals surface area contributed by atoms with Gasteiger partial charge in [-0.25, -0.2) is 10.8 Å². The molecule has 0 saturated carbocycles. The average molecular weight is 197 g/mol. The number of nitrogens with one attached hydrogen (secondary N) is 1. The summed E-state index contributed by atoms with van der Waals surface area (Å²) in [6.07, 6.45) is 0.504. The van der Waals surface area contributed by atoms with Gasteiger partial charge in [-0.3, -0.25) is 4.79 Å². The van der Waals surface area contributed by atoms with Crippen molar-refractivity contribution in [3.8, 4) is 0 Å². The number of hydrazine groups is 1. The second kappa shape index (κ2) is 4.28. The number of aromatic nitrogens is 1. The number of carbonyl (C=O) groups is 1. The molecule has 0 aliphatic carbocycles. The van der Waals surface area contributed by atoms with E-state index in [1.807, 2.05) is 0 Å². The van der Waals surface area contributed by atoms with Crippen molar-refractivity contribution in [2.45, 2.75) is 0 Å². The summed E-state index contributed by atoms with van der Waals surface area (Å²) in [4.78, 5) is 14.0. The fourth-order valence-electron chi connectivity index (χ4n) is 0.898. The zero-order valence-corrected chi connectivity index (χ0v) is 7.07. The molecule has 1 aromatic rings. The number of hydrogen-bond donors (Lipinski definition) is 3. The molecule has 0 bridgehead atoms. The van der Waals surface area contributed by atoms with Crippen LogP contribution >= 0.6 is 0 Å². The van der Waals surface area contributed by atoms with Crippen molar-refractivity contribution in [2.24, 2.45) is 16.8 Å². The van der Waals surface area contributed by atoms with Crippen LogP contribution in [0, 0.1) is 5.95 Å². The van der Waals surface area contributed by atoms with Gasteiger partial charge in [0, 0.05) is 5.56 Å². The van der Waals surface area contributed by atoms with Crippen LogP contribution in [-0.4, -0.2) is 17.1 Å². The van der Waals surface area contributed by atoms with Crippen molar-refractivity contribution in [1.29, 1.82) is 0 Å². The van der Waals surface area contributed by atoms with Gasteiger partial charge in [-0.05, 0) is 12.1 Å². The molecule has 6 nitrogen and oxygen atoms in total. The van der Waals surface area contributed by atoms with Crippen LogP contribution in [0.4, 0.5) is 4.39 Å². The Morgan fingerprint density at radius 2 is 2.36 bits per heavy atom. The van der Waals surface area contributed by atoms with Crippen LogP contribution in [0.2, 0.25) is 0 Å². The summed E-state index contributed by atoms with van der Waals surface area (Å²) in [7, 11) is 0. The quantitative estimate of drug-likeness (QED) is 0.142. The largest absolute Gasteiger partial charge is 0.321 e. The molecular formula is C7H8FN5O. The third kappa shape index (κ3) is 1.83. The van der Waals surface area contributed by atoms with E-state index in [-0.39, 0.29) is 17.1 Å². The van der Waals surface area contributed by atoms with Crippen molar-refractivity contribution < 1.29 is 9.18 Å². The Kier molecular flexibility index (Phi) is 3.08. The van der Waals surface area contributed by atoms with Crippen molar-refractivity contribution in [3.05, 3.63) is 29.3 Å². The molecule has 0 atom stereocenters. The summed E-state index contributed by atoms with van der Waals surface area (Å²) in [6, 6.07) is 2.31. The predicted octanol–water partition coefficient (Wildman–Crippen LogP) is -0.883. The number of halogens is 1. The zero-order chi connectivity index (χ0) is 10.6. The molecule has 0 amide bonds. The average Bonchev–Trinajstić information content (AvgIpc) is 2.20. The number of rotatable bonds is 2. The van der Waals surface area contributed by atoms with E-state index in [1.54, 1.807) is 0 Å². The minimum atomic E-state index is -0.748. The van der Waals surface area contributed by atoms with Gasteiger partial charge in [-0.15, -0.1) is 0 Å². The first-order valence-corrected chi connectivity index (χ1v) is 3.59. The summed E-state index contributed by atoms with van der Waals surface area (Å²) >= 11 is 0. The van der Waals surface area contributed by atoms with Crippen molar-refractivity contribution >= 4 is 12.1 Å². The SMILES string of the molecule is N/N=C(\NN)c1nc(F)ccc1C=O. The fourth-order valence-corrected chi connectivity index (χ4v) is 0.898. The van der Waals surface area contributed by atoms with E-state index in [9.17, 15) is 9.18 Å². The molecular weight excluding hydrogens is 189 g/mol. The van der Waals surface area contributed by atoms with Crippen LogP contribution in [-0.2, 0) is 0 Å². The van der Waals surface area contributed by atoms with Gasteiger partial charge >= 0.3 is 0 Å². The van der Waals surface area contributed by atoms with Gasteiger partial charge in [0.15, 0.2) is 12.1 Å². The zero-order valence-electron chi connectivity index (χ0n) is 7.07. The minimum Gasteiger partial charge on any atom is -0.321 e. The maximum atomic E-state index is 12.7. The Morgan fingerprint density at radius 1 is 1.64 bits per heavy atom. The molecule has 1 rings (SSSR count). The number of nitrogens with zero attached hydrogens (tertiary/aromatic N) is 2. The summed E-state index contributed by atoms with van der Waals surface area (Å²) in [5.41, 5.74) is 2.23. The number of aldehydes is 1. The fraction of sp³-hybridized carbons (Fsp3) is 0. The standard InChI is InChI=1S/C7H8FN5O/c8-5-2-1-4(3-14)6(11-5)7(12-9)13-10/h1-3H,9-10H2,(H,12,13). The van der Waals surface area contributed by atoms with Crippen molar-refractivity contribution in [3.63, 3.8) is 0 Å². The monoisotopic (exact) mass is 197 g/mol. The molecule has 0 unspecified atom stereocenters. The summed E-state index contributed by atoms with van der Waals surface area (Å²) in [5.74, 6) is 9.19. The minimum absolute atomic E-state index is 0.0231. The Balaban J connectivity index is 3.29. The molecule has 0 radical (unpaired) electrons. The van der Waals surface area contributed by atoms with E-state index >= 15 is 0 Å². The second-order valence-electron chi connectivity index (χ2n) is 2.31. The first-order valence-electron chi connectivity index (χ1n) is 3.59. The van der Waals surface area contributed by atoms with Gasteiger partial charge in [0.05, 0.1) is 0 Å². The Hall–Kier alpha value is -2.02.